The average Bonchev–Trinajstić information content (AvgIpc) is 2.90. The molecular formula is C30H39BO2. The van der Waals surface area contributed by atoms with Gasteiger partial charge in [0, 0.05) is 5.92 Å². The molecule has 1 aliphatic heterocycles. The first-order chi connectivity index (χ1) is 15.1. The summed E-state index contributed by atoms with van der Waals surface area (Å²) in [7, 11) is -0.362. The fourth-order valence-electron chi connectivity index (χ4n) is 5.41. The summed E-state index contributed by atoms with van der Waals surface area (Å²) < 4.78 is 13.2. The van der Waals surface area contributed by atoms with Gasteiger partial charge in [-0.15, -0.1) is 0 Å². The zero-order valence-electron chi connectivity index (χ0n) is 22.1. The average molecular weight is 442 g/mol. The van der Waals surface area contributed by atoms with Gasteiger partial charge < -0.3 is 9.31 Å². The molecule has 1 fully saturated rings. The first-order valence-corrected chi connectivity index (χ1v) is 12.5. The molecule has 5 aliphatic rings. The number of hydrogen-bond acceptors (Lipinski definition) is 2. The summed E-state index contributed by atoms with van der Waals surface area (Å²) in [5.41, 5.74) is 10.6. The van der Waals surface area contributed by atoms with E-state index in [9.17, 15) is 0 Å². The van der Waals surface area contributed by atoms with Crippen LogP contribution < -0.4 is 0 Å². The van der Waals surface area contributed by atoms with E-state index in [2.05, 4.69) is 106 Å². The van der Waals surface area contributed by atoms with Gasteiger partial charge >= 0.3 is 7.12 Å². The normalized spacial score (nSPS) is 27.8. The molecule has 5 rings (SSSR count). The van der Waals surface area contributed by atoms with Gasteiger partial charge in [0.15, 0.2) is 0 Å². The fraction of sp³-hybridized carbons (Fsp3) is 0.533. The predicted octanol–water partition coefficient (Wildman–Crippen LogP) is 7.63. The first kappa shape index (κ1) is 22.9. The number of hydrogen-bond donors (Lipinski definition) is 0. The van der Waals surface area contributed by atoms with Crippen LogP contribution in [-0.2, 0) is 9.31 Å². The van der Waals surface area contributed by atoms with Crippen molar-refractivity contribution < 1.29 is 9.31 Å². The van der Waals surface area contributed by atoms with Crippen molar-refractivity contribution >= 4 is 7.12 Å². The molecule has 4 aliphatic carbocycles. The van der Waals surface area contributed by atoms with E-state index in [1.807, 2.05) is 0 Å². The molecule has 0 aromatic carbocycles. The molecule has 1 saturated heterocycles. The maximum atomic E-state index is 6.60. The summed E-state index contributed by atoms with van der Waals surface area (Å²) in [4.78, 5) is 0. The van der Waals surface area contributed by atoms with E-state index in [1.54, 1.807) is 0 Å². The van der Waals surface area contributed by atoms with Crippen LogP contribution in [0, 0.1) is 16.7 Å². The zero-order chi connectivity index (χ0) is 24.1. The summed E-state index contributed by atoms with van der Waals surface area (Å²) in [6.07, 6.45) is 15.4. The minimum absolute atomic E-state index is 0.0738. The molecular weight excluding hydrogens is 403 g/mol. The second-order valence-electron chi connectivity index (χ2n) is 13.4. The van der Waals surface area contributed by atoms with Crippen molar-refractivity contribution in [2.75, 3.05) is 0 Å². The molecule has 174 valence electrons. The van der Waals surface area contributed by atoms with Crippen LogP contribution in [0.15, 0.2) is 80.9 Å². The molecule has 2 nitrogen and oxygen atoms in total. The Balaban J connectivity index is 1.72. The van der Waals surface area contributed by atoms with Crippen LogP contribution in [0.5, 0.6) is 0 Å². The minimum Gasteiger partial charge on any atom is -0.399 e. The van der Waals surface area contributed by atoms with Crippen molar-refractivity contribution in [1.29, 1.82) is 0 Å². The highest BCUT2D eigenvalue weighted by atomic mass is 16.7. The van der Waals surface area contributed by atoms with Crippen LogP contribution in [0.25, 0.3) is 0 Å². The lowest BCUT2D eigenvalue weighted by Gasteiger charge is -2.42. The summed E-state index contributed by atoms with van der Waals surface area (Å²) in [6, 6.07) is 0. The molecule has 0 amide bonds. The second kappa shape index (κ2) is 6.86. The van der Waals surface area contributed by atoms with E-state index in [0.29, 0.717) is 0 Å². The van der Waals surface area contributed by atoms with E-state index >= 15 is 0 Å². The summed E-state index contributed by atoms with van der Waals surface area (Å²) in [5, 5.41) is 0. The summed E-state index contributed by atoms with van der Waals surface area (Å²) in [6.45, 7) is 22.4. The quantitative estimate of drug-likeness (QED) is 0.389. The van der Waals surface area contributed by atoms with E-state index in [1.165, 1.54) is 44.5 Å². The Kier molecular flexibility index (Phi) is 4.77. The van der Waals surface area contributed by atoms with Crippen LogP contribution >= 0.6 is 0 Å². The highest BCUT2D eigenvalue weighted by molar-refractivity contribution is 6.56. The monoisotopic (exact) mass is 442 g/mol. The lowest BCUT2D eigenvalue weighted by molar-refractivity contribution is 0.00578. The Labute approximate surface area is 201 Å². The lowest BCUT2D eigenvalue weighted by atomic mass is 9.57. The van der Waals surface area contributed by atoms with Crippen LogP contribution in [0.1, 0.15) is 75.7 Å². The topological polar surface area (TPSA) is 18.5 Å². The number of rotatable bonds is 1. The third kappa shape index (κ3) is 3.54. The van der Waals surface area contributed by atoms with Crippen LogP contribution in [0.2, 0.25) is 0 Å². The first-order valence-electron chi connectivity index (χ1n) is 12.5. The Morgan fingerprint density at radius 1 is 0.818 bits per heavy atom. The molecule has 33 heavy (non-hydrogen) atoms. The maximum Gasteiger partial charge on any atom is 0.495 e. The van der Waals surface area contributed by atoms with Gasteiger partial charge in [-0.2, -0.15) is 0 Å². The largest absolute Gasteiger partial charge is 0.495 e. The highest BCUT2D eigenvalue weighted by Gasteiger charge is 2.54. The van der Waals surface area contributed by atoms with E-state index in [0.717, 1.165) is 6.42 Å². The Bertz CT molecular complexity index is 1130. The van der Waals surface area contributed by atoms with Crippen molar-refractivity contribution in [1.82, 2.24) is 0 Å². The third-order valence-electron chi connectivity index (χ3n) is 8.39. The highest BCUT2D eigenvalue weighted by Crippen LogP contribution is 2.55. The van der Waals surface area contributed by atoms with Gasteiger partial charge in [0.2, 0.25) is 0 Å². The molecule has 1 heterocycles. The predicted molar refractivity (Wildman–Crippen MR) is 139 cm³/mol. The van der Waals surface area contributed by atoms with Crippen LogP contribution in [0.4, 0.5) is 0 Å². The van der Waals surface area contributed by atoms with Gasteiger partial charge in [-0.3, -0.25) is 0 Å². The van der Waals surface area contributed by atoms with Crippen molar-refractivity contribution in [3.63, 3.8) is 0 Å². The SMILES string of the molecule is CC(C)(C)C1=CC2=CC=C3CC(C(C)(C)C)=CC4=C3C2C(=C1)C(B1OC(C)(C)C(C)(C)O1)=C4. The molecule has 1 unspecified atom stereocenters. The summed E-state index contributed by atoms with van der Waals surface area (Å²) in [5.74, 6) is 0.267. The Morgan fingerprint density at radius 3 is 2.03 bits per heavy atom. The second-order valence-corrected chi connectivity index (χ2v) is 13.4. The van der Waals surface area contributed by atoms with Crippen molar-refractivity contribution in [2.45, 2.75) is 86.9 Å². The van der Waals surface area contributed by atoms with Crippen molar-refractivity contribution in [3.8, 4) is 0 Å². The molecule has 0 radical (unpaired) electrons. The standard InChI is InChI=1S/C30H39BO2/c1-27(2,3)21-13-18-11-12-19-14-22(28(4,5)6)17-23-24(16-20(15-21)25(18)26(19)23)31-32-29(7,8)30(9,10)33-31/h11-12,14-17,26H,13H2,1-10H3. The smallest absolute Gasteiger partial charge is 0.399 e. The Hall–Kier alpha value is -1.84. The molecule has 0 N–H and O–H groups in total. The third-order valence-corrected chi connectivity index (χ3v) is 8.39. The molecule has 0 saturated carbocycles. The molecule has 0 bridgehead atoms. The molecule has 1 atom stereocenters. The van der Waals surface area contributed by atoms with E-state index in [-0.39, 0.29) is 35.1 Å². The molecule has 0 aromatic rings. The molecule has 0 spiro atoms. The van der Waals surface area contributed by atoms with Gasteiger partial charge in [-0.05, 0) is 83.9 Å². The van der Waals surface area contributed by atoms with E-state index < -0.39 is 0 Å². The maximum absolute atomic E-state index is 6.60. The van der Waals surface area contributed by atoms with Crippen molar-refractivity contribution in [3.05, 3.63) is 80.9 Å². The van der Waals surface area contributed by atoms with Gasteiger partial charge in [0.1, 0.15) is 0 Å². The fourth-order valence-corrected chi connectivity index (χ4v) is 5.41. The minimum atomic E-state index is -0.362. The molecule has 3 heteroatoms. The van der Waals surface area contributed by atoms with Gasteiger partial charge in [-0.25, -0.2) is 0 Å². The zero-order valence-corrected chi connectivity index (χ0v) is 22.1. The molecule has 0 aromatic heterocycles. The lowest BCUT2D eigenvalue weighted by Crippen LogP contribution is -2.41. The van der Waals surface area contributed by atoms with Crippen molar-refractivity contribution in [2.24, 2.45) is 16.7 Å². The van der Waals surface area contributed by atoms with Gasteiger partial charge in [-0.1, -0.05) is 83.6 Å². The number of allylic oxidation sites excluding steroid dienone is 14. The van der Waals surface area contributed by atoms with E-state index in [4.69, 9.17) is 9.31 Å². The van der Waals surface area contributed by atoms with Gasteiger partial charge in [0.05, 0.1) is 11.2 Å². The van der Waals surface area contributed by atoms with Crippen LogP contribution in [0.3, 0.4) is 0 Å². The van der Waals surface area contributed by atoms with Gasteiger partial charge in [0.25, 0.3) is 0 Å². The summed E-state index contributed by atoms with van der Waals surface area (Å²) >= 11 is 0. The van der Waals surface area contributed by atoms with Crippen LogP contribution in [-0.4, -0.2) is 18.3 Å². The Morgan fingerprint density at radius 2 is 1.45 bits per heavy atom.